The summed E-state index contributed by atoms with van der Waals surface area (Å²) >= 11 is 1.48. The van der Waals surface area contributed by atoms with Gasteiger partial charge >= 0.3 is 5.97 Å². The number of hydrogen-bond donors (Lipinski definition) is 1. The smallest absolute Gasteiger partial charge is 0.341 e. The van der Waals surface area contributed by atoms with E-state index in [0.29, 0.717) is 28.7 Å². The van der Waals surface area contributed by atoms with Crippen molar-refractivity contribution in [1.29, 1.82) is 0 Å². The third-order valence-electron chi connectivity index (χ3n) is 4.82. The van der Waals surface area contributed by atoms with Crippen molar-refractivity contribution in [3.63, 3.8) is 0 Å². The molecule has 0 spiro atoms. The molecule has 0 radical (unpaired) electrons. The van der Waals surface area contributed by atoms with E-state index in [9.17, 15) is 9.59 Å². The van der Waals surface area contributed by atoms with Crippen LogP contribution in [0.4, 0.5) is 5.00 Å². The molecule has 2 atom stereocenters. The van der Waals surface area contributed by atoms with E-state index in [-0.39, 0.29) is 5.91 Å². The van der Waals surface area contributed by atoms with Crippen LogP contribution in [0.2, 0.25) is 0 Å². The summed E-state index contributed by atoms with van der Waals surface area (Å²) in [6.45, 7) is 4.11. The predicted octanol–water partition coefficient (Wildman–Crippen LogP) is 4.46. The first kappa shape index (κ1) is 19.4. The third kappa shape index (κ3) is 4.33. The third-order valence-corrected chi connectivity index (χ3v) is 5.99. The monoisotopic (exact) mass is 387 g/mol. The first-order chi connectivity index (χ1) is 13.0. The molecule has 0 unspecified atom stereocenters. The van der Waals surface area contributed by atoms with Gasteiger partial charge in [0.2, 0.25) is 0 Å². The lowest BCUT2D eigenvalue weighted by Gasteiger charge is -2.18. The lowest BCUT2D eigenvalue weighted by atomic mass is 9.88. The van der Waals surface area contributed by atoms with Gasteiger partial charge in [0.05, 0.1) is 12.7 Å². The van der Waals surface area contributed by atoms with Crippen molar-refractivity contribution < 1.29 is 19.1 Å². The minimum atomic E-state index is -0.629. The molecule has 1 aliphatic rings. The van der Waals surface area contributed by atoms with Crippen LogP contribution < -0.4 is 10.1 Å². The molecule has 27 heavy (non-hydrogen) atoms. The van der Waals surface area contributed by atoms with Crippen molar-refractivity contribution in [2.75, 3.05) is 12.4 Å². The van der Waals surface area contributed by atoms with Crippen molar-refractivity contribution in [2.45, 2.75) is 45.6 Å². The van der Waals surface area contributed by atoms with E-state index in [1.807, 2.05) is 37.3 Å². The molecule has 0 saturated carbocycles. The molecule has 1 aromatic heterocycles. The summed E-state index contributed by atoms with van der Waals surface area (Å²) in [6, 6.07) is 9.27. The normalized spacial score (nSPS) is 16.9. The second kappa shape index (κ2) is 8.57. The average molecular weight is 388 g/mol. The van der Waals surface area contributed by atoms with Crippen molar-refractivity contribution in [1.82, 2.24) is 0 Å². The van der Waals surface area contributed by atoms with Crippen LogP contribution in [0, 0.1) is 5.92 Å². The molecule has 1 aliphatic carbocycles. The number of ether oxygens (including phenoxy) is 2. The molecule has 5 nitrogen and oxygen atoms in total. The Kier molecular flexibility index (Phi) is 6.16. The van der Waals surface area contributed by atoms with E-state index >= 15 is 0 Å². The molecule has 1 heterocycles. The highest BCUT2D eigenvalue weighted by molar-refractivity contribution is 7.17. The predicted molar refractivity (Wildman–Crippen MR) is 107 cm³/mol. The van der Waals surface area contributed by atoms with Crippen LogP contribution in [0.3, 0.4) is 0 Å². The molecule has 0 fully saturated rings. The number of fused-ring (bicyclic) bond motifs is 1. The highest BCUT2D eigenvalue weighted by Crippen LogP contribution is 2.40. The van der Waals surface area contributed by atoms with Crippen molar-refractivity contribution >= 4 is 28.2 Å². The number of esters is 1. The second-order valence-corrected chi connectivity index (χ2v) is 7.97. The van der Waals surface area contributed by atoms with Crippen LogP contribution in [0.5, 0.6) is 5.75 Å². The van der Waals surface area contributed by atoms with Gasteiger partial charge in [-0.15, -0.1) is 11.3 Å². The van der Waals surface area contributed by atoms with Crippen molar-refractivity contribution in [2.24, 2.45) is 5.92 Å². The number of carbonyl (C=O) groups excluding carboxylic acids is 2. The molecular formula is C21H25NO4S. The fraction of sp³-hybridized carbons (Fsp3) is 0.429. The van der Waals surface area contributed by atoms with Gasteiger partial charge in [-0.2, -0.15) is 0 Å². The first-order valence-corrected chi connectivity index (χ1v) is 10.1. The Bertz CT molecular complexity index is 815. The van der Waals surface area contributed by atoms with Gasteiger partial charge in [0.15, 0.2) is 6.10 Å². The number of amides is 1. The number of methoxy groups -OCH3 is 1. The first-order valence-electron chi connectivity index (χ1n) is 9.28. The molecule has 6 heteroatoms. The van der Waals surface area contributed by atoms with E-state index < -0.39 is 12.1 Å². The molecule has 0 aliphatic heterocycles. The number of thiophene rings is 1. The van der Waals surface area contributed by atoms with Gasteiger partial charge in [-0.1, -0.05) is 32.0 Å². The highest BCUT2D eigenvalue weighted by Gasteiger charge is 2.30. The highest BCUT2D eigenvalue weighted by atomic mass is 32.1. The van der Waals surface area contributed by atoms with Gasteiger partial charge in [-0.3, -0.25) is 4.79 Å². The fourth-order valence-corrected chi connectivity index (χ4v) is 4.74. The van der Waals surface area contributed by atoms with Crippen LogP contribution in [0.25, 0.3) is 0 Å². The van der Waals surface area contributed by atoms with Crippen LogP contribution in [-0.4, -0.2) is 25.1 Å². The van der Waals surface area contributed by atoms with Crippen LogP contribution >= 0.6 is 11.3 Å². The molecule has 1 N–H and O–H groups in total. The number of benzene rings is 1. The van der Waals surface area contributed by atoms with Gasteiger partial charge in [0, 0.05) is 4.88 Å². The number of carbonyl (C=O) groups is 2. The summed E-state index contributed by atoms with van der Waals surface area (Å²) in [5.74, 6) is 0.578. The van der Waals surface area contributed by atoms with E-state index in [0.717, 1.165) is 24.8 Å². The fourth-order valence-electron chi connectivity index (χ4n) is 3.33. The molecule has 0 bridgehead atoms. The standard InChI is InChI=1S/C21H25NO4S/c1-4-16(26-14-8-6-5-7-9-14)19(23)22-20-18(21(24)25-3)15-11-10-13(2)12-17(15)27-20/h5-9,13,16H,4,10-12H2,1-3H3,(H,22,23)/t13-,16-/m0/s1. The van der Waals surface area contributed by atoms with E-state index in [2.05, 4.69) is 12.2 Å². The number of hydrogen-bond acceptors (Lipinski definition) is 5. The summed E-state index contributed by atoms with van der Waals surface area (Å²) in [6.07, 6.45) is 2.70. The zero-order valence-electron chi connectivity index (χ0n) is 15.9. The maximum Gasteiger partial charge on any atom is 0.341 e. The zero-order valence-corrected chi connectivity index (χ0v) is 16.7. The topological polar surface area (TPSA) is 64.6 Å². The molecule has 0 saturated heterocycles. The van der Waals surface area contributed by atoms with Gasteiger partial charge in [-0.05, 0) is 49.3 Å². The molecule has 1 aromatic carbocycles. The number of nitrogens with one attached hydrogen (secondary N) is 1. The maximum absolute atomic E-state index is 12.8. The van der Waals surface area contributed by atoms with E-state index in [1.54, 1.807) is 0 Å². The number of rotatable bonds is 6. The molecule has 3 rings (SSSR count). The Morgan fingerprint density at radius 3 is 2.70 bits per heavy atom. The van der Waals surface area contributed by atoms with Crippen molar-refractivity contribution in [3.8, 4) is 5.75 Å². The van der Waals surface area contributed by atoms with Gasteiger partial charge in [0.25, 0.3) is 5.91 Å². The Morgan fingerprint density at radius 2 is 2.04 bits per heavy atom. The summed E-state index contributed by atoms with van der Waals surface area (Å²) in [5, 5.41) is 3.49. The minimum Gasteiger partial charge on any atom is -0.481 e. The Balaban J connectivity index is 1.83. The number of anilines is 1. The maximum atomic E-state index is 12.8. The molecule has 2 aromatic rings. The quantitative estimate of drug-likeness (QED) is 0.744. The van der Waals surface area contributed by atoms with Gasteiger partial charge in [-0.25, -0.2) is 4.79 Å². The zero-order chi connectivity index (χ0) is 19.4. The Morgan fingerprint density at radius 1 is 1.30 bits per heavy atom. The Hall–Kier alpha value is -2.34. The summed E-state index contributed by atoms with van der Waals surface area (Å²) in [5.41, 5.74) is 1.53. The SMILES string of the molecule is CC[C@H](Oc1ccccc1)C(=O)Nc1sc2c(c1C(=O)OC)CC[C@H](C)C2. The van der Waals surface area contributed by atoms with E-state index in [4.69, 9.17) is 9.47 Å². The molecule has 1 amide bonds. The van der Waals surface area contributed by atoms with Crippen LogP contribution in [0.15, 0.2) is 30.3 Å². The second-order valence-electron chi connectivity index (χ2n) is 6.86. The summed E-state index contributed by atoms with van der Waals surface area (Å²) in [7, 11) is 1.37. The molecule has 144 valence electrons. The van der Waals surface area contributed by atoms with Gasteiger partial charge in [0.1, 0.15) is 10.8 Å². The largest absolute Gasteiger partial charge is 0.481 e. The lowest BCUT2D eigenvalue weighted by Crippen LogP contribution is -2.32. The molecular weight excluding hydrogens is 362 g/mol. The summed E-state index contributed by atoms with van der Waals surface area (Å²) < 4.78 is 10.8. The van der Waals surface area contributed by atoms with Crippen molar-refractivity contribution in [3.05, 3.63) is 46.3 Å². The Labute approximate surface area is 163 Å². The summed E-state index contributed by atoms with van der Waals surface area (Å²) in [4.78, 5) is 26.3. The van der Waals surface area contributed by atoms with Crippen LogP contribution in [-0.2, 0) is 22.4 Å². The minimum absolute atomic E-state index is 0.252. The lowest BCUT2D eigenvalue weighted by molar-refractivity contribution is -0.122. The van der Waals surface area contributed by atoms with E-state index in [1.165, 1.54) is 23.3 Å². The number of para-hydroxylation sites is 1. The van der Waals surface area contributed by atoms with Crippen LogP contribution in [0.1, 0.15) is 47.5 Å². The van der Waals surface area contributed by atoms with Gasteiger partial charge < -0.3 is 14.8 Å². The average Bonchev–Trinajstić information content (AvgIpc) is 3.02.